The fourth-order valence-electron chi connectivity index (χ4n) is 1.59. The normalized spacial score (nSPS) is 10.8. The Morgan fingerprint density at radius 1 is 1.06 bits per heavy atom. The topological polar surface area (TPSA) is 3.88 Å². The molecular formula is C10H16BF4NS. The first-order valence-electron chi connectivity index (χ1n) is 5.11. The van der Waals surface area contributed by atoms with Crippen molar-refractivity contribution in [2.45, 2.75) is 27.3 Å². The van der Waals surface area contributed by atoms with Crippen LogP contribution in [0.25, 0.3) is 0 Å². The van der Waals surface area contributed by atoms with Crippen LogP contribution in [-0.2, 0) is 6.54 Å². The zero-order chi connectivity index (χ0) is 13.6. The Balaban J connectivity index is 0.000000437. The number of nitrogens with zero attached hydrogens (tertiary/aromatic N) is 1. The van der Waals surface area contributed by atoms with Crippen molar-refractivity contribution in [3.63, 3.8) is 0 Å². The molecule has 0 spiro atoms. The quantitative estimate of drug-likeness (QED) is 0.364. The van der Waals surface area contributed by atoms with Crippen molar-refractivity contribution in [3.05, 3.63) is 29.1 Å². The zero-order valence-corrected chi connectivity index (χ0v) is 10.9. The van der Waals surface area contributed by atoms with Gasteiger partial charge in [-0.3, -0.25) is 0 Å². The van der Waals surface area contributed by atoms with Gasteiger partial charge in [-0.05, 0) is 12.5 Å². The molecule has 1 aromatic heterocycles. The molecule has 0 N–H and O–H groups in total. The van der Waals surface area contributed by atoms with Crippen molar-refractivity contribution >= 4 is 19.9 Å². The Morgan fingerprint density at radius 2 is 1.41 bits per heavy atom. The van der Waals surface area contributed by atoms with E-state index in [4.69, 9.17) is 0 Å². The molecule has 0 radical (unpaired) electrons. The van der Waals surface area contributed by atoms with Crippen LogP contribution in [0, 0.1) is 20.8 Å². The number of thiol groups is 1. The Hall–Kier alpha value is -0.715. The molecule has 0 saturated carbocycles. The second-order valence-corrected chi connectivity index (χ2v) is 4.13. The van der Waals surface area contributed by atoms with Crippen LogP contribution in [0.1, 0.15) is 17.0 Å². The molecule has 1 aromatic rings. The average Bonchev–Trinajstić information content (AvgIpc) is 2.08. The largest absolute Gasteiger partial charge is 0.673 e. The number of aryl methyl sites for hydroxylation is 3. The average molecular weight is 269 g/mol. The van der Waals surface area contributed by atoms with Gasteiger partial charge >= 0.3 is 7.25 Å². The van der Waals surface area contributed by atoms with Gasteiger partial charge in [-0.1, -0.05) is 0 Å². The highest BCUT2D eigenvalue weighted by molar-refractivity contribution is 7.80. The first-order valence-corrected chi connectivity index (χ1v) is 5.74. The van der Waals surface area contributed by atoms with E-state index in [-0.39, 0.29) is 0 Å². The predicted molar refractivity (Wildman–Crippen MR) is 64.9 cm³/mol. The summed E-state index contributed by atoms with van der Waals surface area (Å²) in [5, 5.41) is 0. The van der Waals surface area contributed by atoms with Crippen molar-refractivity contribution in [1.29, 1.82) is 0 Å². The van der Waals surface area contributed by atoms with Crippen molar-refractivity contribution in [3.8, 4) is 0 Å². The minimum absolute atomic E-state index is 0.898. The van der Waals surface area contributed by atoms with Gasteiger partial charge in [-0.2, -0.15) is 17.2 Å². The third kappa shape index (κ3) is 8.07. The first-order chi connectivity index (χ1) is 7.65. The molecule has 17 heavy (non-hydrogen) atoms. The molecular weight excluding hydrogens is 253 g/mol. The van der Waals surface area contributed by atoms with Gasteiger partial charge in [-0.15, -0.1) is 0 Å². The molecule has 0 aliphatic rings. The summed E-state index contributed by atoms with van der Waals surface area (Å²) in [6, 6.07) is 4.41. The van der Waals surface area contributed by atoms with Gasteiger partial charge in [0.25, 0.3) is 0 Å². The van der Waals surface area contributed by atoms with Crippen molar-refractivity contribution < 1.29 is 21.8 Å². The van der Waals surface area contributed by atoms with Gasteiger partial charge in [0, 0.05) is 31.7 Å². The molecule has 0 aliphatic carbocycles. The van der Waals surface area contributed by atoms with Crippen LogP contribution in [0.4, 0.5) is 17.3 Å². The Bertz CT molecular complexity index is 339. The van der Waals surface area contributed by atoms with Crippen molar-refractivity contribution in [2.24, 2.45) is 0 Å². The minimum Gasteiger partial charge on any atom is -0.418 e. The highest BCUT2D eigenvalue weighted by Gasteiger charge is 2.20. The molecule has 0 saturated heterocycles. The highest BCUT2D eigenvalue weighted by Crippen LogP contribution is 2.06. The number of rotatable bonds is 2. The van der Waals surface area contributed by atoms with Gasteiger partial charge < -0.3 is 17.3 Å². The van der Waals surface area contributed by atoms with Crippen LogP contribution in [0.15, 0.2) is 12.1 Å². The van der Waals surface area contributed by atoms with E-state index in [0.29, 0.717) is 0 Å². The highest BCUT2D eigenvalue weighted by atomic mass is 32.1. The summed E-state index contributed by atoms with van der Waals surface area (Å²) in [5.41, 5.74) is 3.98. The standard InChI is InChI=1S/C10H15NS.BF4/c1-8-6-9(2)11(4-5-12)10(3)7-8;2-1(3,4)5/h6-7H,4-5H2,1-3H3;/q;-1/p+1. The fourth-order valence-corrected chi connectivity index (χ4v) is 1.79. The van der Waals surface area contributed by atoms with Crippen molar-refractivity contribution in [1.82, 2.24) is 0 Å². The van der Waals surface area contributed by atoms with Crippen LogP contribution >= 0.6 is 12.6 Å². The number of pyridine rings is 1. The monoisotopic (exact) mass is 269 g/mol. The van der Waals surface area contributed by atoms with Crippen LogP contribution < -0.4 is 4.57 Å². The lowest BCUT2D eigenvalue weighted by Gasteiger charge is -2.03. The second kappa shape index (κ2) is 6.88. The molecule has 7 heteroatoms. The molecule has 0 bridgehead atoms. The van der Waals surface area contributed by atoms with Gasteiger partial charge in [0.2, 0.25) is 0 Å². The summed E-state index contributed by atoms with van der Waals surface area (Å²) < 4.78 is 41.3. The number of aromatic nitrogens is 1. The minimum atomic E-state index is -6.00. The molecule has 0 aromatic carbocycles. The first kappa shape index (κ1) is 16.3. The summed E-state index contributed by atoms with van der Waals surface area (Å²) in [7, 11) is -6.00. The zero-order valence-electron chi connectivity index (χ0n) is 10.1. The summed E-state index contributed by atoms with van der Waals surface area (Å²) in [6.07, 6.45) is 0. The van der Waals surface area contributed by atoms with Crippen LogP contribution in [0.3, 0.4) is 0 Å². The maximum Gasteiger partial charge on any atom is 0.673 e. The Morgan fingerprint density at radius 3 is 1.71 bits per heavy atom. The molecule has 1 rings (SSSR count). The summed E-state index contributed by atoms with van der Waals surface area (Å²) in [4.78, 5) is 0. The summed E-state index contributed by atoms with van der Waals surface area (Å²) >= 11 is 4.23. The van der Waals surface area contributed by atoms with Crippen molar-refractivity contribution in [2.75, 3.05) is 5.75 Å². The third-order valence-corrected chi connectivity index (χ3v) is 2.25. The second-order valence-electron chi connectivity index (χ2n) is 3.69. The molecule has 0 unspecified atom stereocenters. The van der Waals surface area contributed by atoms with E-state index in [9.17, 15) is 17.3 Å². The molecule has 98 valence electrons. The molecule has 0 fully saturated rings. The van der Waals surface area contributed by atoms with Gasteiger partial charge in [-0.25, -0.2) is 0 Å². The maximum atomic E-state index is 9.75. The summed E-state index contributed by atoms with van der Waals surface area (Å²) in [5.74, 6) is 0.898. The number of halogens is 4. The van der Waals surface area contributed by atoms with E-state index in [1.54, 1.807) is 0 Å². The molecule has 0 aliphatic heterocycles. The molecule has 0 atom stereocenters. The molecule has 0 amide bonds. The number of hydrogen-bond donors (Lipinski definition) is 1. The smallest absolute Gasteiger partial charge is 0.418 e. The van der Waals surface area contributed by atoms with E-state index in [2.05, 4.69) is 50.1 Å². The van der Waals surface area contributed by atoms with E-state index < -0.39 is 7.25 Å². The Labute approximate surface area is 104 Å². The lowest BCUT2D eigenvalue weighted by Crippen LogP contribution is -2.41. The van der Waals surface area contributed by atoms with Gasteiger partial charge in [0.1, 0.15) is 0 Å². The lowest BCUT2D eigenvalue weighted by molar-refractivity contribution is -0.704. The molecule has 1 heterocycles. The van der Waals surface area contributed by atoms with E-state index >= 15 is 0 Å². The third-order valence-electron chi connectivity index (χ3n) is 2.05. The van der Waals surface area contributed by atoms with Gasteiger partial charge in [0.15, 0.2) is 17.9 Å². The summed E-state index contributed by atoms with van der Waals surface area (Å²) in [6.45, 7) is 7.42. The van der Waals surface area contributed by atoms with Crippen LogP contribution in [0.5, 0.6) is 0 Å². The van der Waals surface area contributed by atoms with E-state index in [1.165, 1.54) is 17.0 Å². The van der Waals surface area contributed by atoms with E-state index in [0.717, 1.165) is 12.3 Å². The van der Waals surface area contributed by atoms with Crippen LogP contribution in [0.2, 0.25) is 0 Å². The maximum absolute atomic E-state index is 9.75. The number of hydrogen-bond acceptors (Lipinski definition) is 1. The van der Waals surface area contributed by atoms with Crippen LogP contribution in [-0.4, -0.2) is 13.0 Å². The SMILES string of the molecule is Cc1cc(C)[n+](CCS)c(C)c1.F[B-](F)(F)F. The predicted octanol–water partition coefficient (Wildman–Crippen LogP) is 3.13. The van der Waals surface area contributed by atoms with Gasteiger partial charge in [0.05, 0.1) is 0 Å². The lowest BCUT2D eigenvalue weighted by atomic mass is 10.2. The van der Waals surface area contributed by atoms with E-state index in [1.807, 2.05) is 0 Å². The molecule has 1 nitrogen and oxygen atoms in total. The fraction of sp³-hybridized carbons (Fsp3) is 0.500. The Kier molecular flexibility index (Phi) is 6.59.